The van der Waals surface area contributed by atoms with Gasteiger partial charge in [-0.05, 0) is 48.0 Å². The molecule has 0 unspecified atom stereocenters. The van der Waals surface area contributed by atoms with Gasteiger partial charge < -0.3 is 15.2 Å². The van der Waals surface area contributed by atoms with Crippen LogP contribution in [0.25, 0.3) is 0 Å². The van der Waals surface area contributed by atoms with Gasteiger partial charge in [0, 0.05) is 21.3 Å². The van der Waals surface area contributed by atoms with Crippen LogP contribution in [0, 0.1) is 0 Å². The van der Waals surface area contributed by atoms with Gasteiger partial charge in [-0.2, -0.15) is 5.10 Å². The number of hydrazone groups is 1. The minimum Gasteiger partial charge on any atom is -0.493 e. The van der Waals surface area contributed by atoms with Gasteiger partial charge in [-0.1, -0.05) is 41.4 Å². The number of amides is 1. The van der Waals surface area contributed by atoms with Crippen molar-refractivity contribution in [3.8, 4) is 11.5 Å². The molecule has 0 aromatic heterocycles. The van der Waals surface area contributed by atoms with Crippen LogP contribution in [0.15, 0.2) is 65.8 Å². The number of nitrogens with one attached hydrogen (secondary N) is 1. The number of para-hydroxylation sites is 1. The molecule has 6 nitrogen and oxygen atoms in total. The van der Waals surface area contributed by atoms with Crippen molar-refractivity contribution in [2.45, 2.75) is 6.61 Å². The number of nitrogens with zero attached hydrogens (tertiary/aromatic N) is 1. The Labute approximate surface area is 184 Å². The summed E-state index contributed by atoms with van der Waals surface area (Å²) in [5, 5.41) is 5.06. The van der Waals surface area contributed by atoms with Crippen molar-refractivity contribution >= 4 is 41.0 Å². The highest BCUT2D eigenvalue weighted by atomic mass is 35.5. The maximum Gasteiger partial charge on any atom is 0.273 e. The van der Waals surface area contributed by atoms with Crippen LogP contribution in [0.1, 0.15) is 21.5 Å². The van der Waals surface area contributed by atoms with Crippen molar-refractivity contribution in [3.05, 3.63) is 87.4 Å². The van der Waals surface area contributed by atoms with Crippen LogP contribution >= 0.6 is 23.2 Å². The lowest BCUT2D eigenvalue weighted by Gasteiger charge is -2.12. The summed E-state index contributed by atoms with van der Waals surface area (Å²) < 4.78 is 11.2. The smallest absolute Gasteiger partial charge is 0.273 e. The number of ether oxygens (including phenoxy) is 2. The van der Waals surface area contributed by atoms with E-state index in [-0.39, 0.29) is 6.61 Å². The van der Waals surface area contributed by atoms with Crippen LogP contribution in [0.5, 0.6) is 11.5 Å². The van der Waals surface area contributed by atoms with Gasteiger partial charge in [0.05, 0.1) is 18.9 Å². The zero-order valence-corrected chi connectivity index (χ0v) is 17.6. The highest BCUT2D eigenvalue weighted by Crippen LogP contribution is 2.29. The molecule has 3 rings (SSSR count). The number of carbonyl (C=O) groups is 1. The summed E-state index contributed by atoms with van der Waals surface area (Å²) in [6.45, 7) is 0.258. The molecule has 0 aliphatic carbocycles. The summed E-state index contributed by atoms with van der Waals surface area (Å²) in [5.41, 5.74) is 10.5. The fraction of sp³-hybridized carbons (Fsp3) is 0.0909. The van der Waals surface area contributed by atoms with Crippen molar-refractivity contribution in [1.29, 1.82) is 0 Å². The van der Waals surface area contributed by atoms with Gasteiger partial charge in [0.15, 0.2) is 11.5 Å². The second-order valence-corrected chi connectivity index (χ2v) is 7.06. The Morgan fingerprint density at radius 1 is 1.10 bits per heavy atom. The number of hydrogen-bond donors (Lipinski definition) is 2. The number of benzene rings is 3. The molecule has 0 saturated carbocycles. The molecule has 0 radical (unpaired) electrons. The average Bonchev–Trinajstić information content (AvgIpc) is 2.73. The van der Waals surface area contributed by atoms with E-state index >= 15 is 0 Å². The van der Waals surface area contributed by atoms with Gasteiger partial charge >= 0.3 is 0 Å². The minimum absolute atomic E-state index is 0.258. The second kappa shape index (κ2) is 10.0. The Balaban J connectivity index is 1.65. The largest absolute Gasteiger partial charge is 0.493 e. The van der Waals surface area contributed by atoms with Gasteiger partial charge in [0.25, 0.3) is 5.91 Å². The number of nitrogen functional groups attached to an aromatic ring is 1. The Morgan fingerprint density at radius 3 is 2.63 bits per heavy atom. The van der Waals surface area contributed by atoms with Crippen molar-refractivity contribution in [3.63, 3.8) is 0 Å². The Morgan fingerprint density at radius 2 is 1.90 bits per heavy atom. The van der Waals surface area contributed by atoms with E-state index in [1.165, 1.54) is 6.21 Å². The second-order valence-electron chi connectivity index (χ2n) is 6.22. The molecule has 30 heavy (non-hydrogen) atoms. The van der Waals surface area contributed by atoms with Gasteiger partial charge in [-0.15, -0.1) is 0 Å². The Kier molecular flexibility index (Phi) is 7.17. The first kappa shape index (κ1) is 21.5. The number of methoxy groups -OCH3 is 1. The van der Waals surface area contributed by atoms with E-state index in [4.69, 9.17) is 38.4 Å². The molecule has 0 aliphatic rings. The molecule has 0 atom stereocenters. The fourth-order valence-electron chi connectivity index (χ4n) is 2.61. The summed E-state index contributed by atoms with van der Waals surface area (Å²) >= 11 is 12.1. The van der Waals surface area contributed by atoms with Gasteiger partial charge in [0.2, 0.25) is 0 Å². The van der Waals surface area contributed by atoms with Crippen LogP contribution in [-0.4, -0.2) is 19.2 Å². The van der Waals surface area contributed by atoms with E-state index in [1.807, 2.05) is 0 Å². The lowest BCUT2D eigenvalue weighted by Crippen LogP contribution is -2.19. The van der Waals surface area contributed by atoms with E-state index < -0.39 is 5.91 Å². The SMILES string of the molecule is COc1cc(/C=N/NC(=O)c2ccccc2N)ccc1OCc1ccc(Cl)cc1Cl. The minimum atomic E-state index is -0.392. The maximum atomic E-state index is 12.1. The number of halogens is 2. The molecule has 0 bridgehead atoms. The molecule has 3 N–H and O–H groups in total. The fourth-order valence-corrected chi connectivity index (χ4v) is 3.07. The molecular formula is C22H19Cl2N3O3. The third-order valence-electron chi connectivity index (χ3n) is 4.17. The summed E-state index contributed by atoms with van der Waals surface area (Å²) in [6.07, 6.45) is 1.50. The van der Waals surface area contributed by atoms with Crippen molar-refractivity contribution in [2.75, 3.05) is 12.8 Å². The standard InChI is InChI=1S/C22H19Cl2N3O3/c1-29-21-10-14(12-26-27-22(28)17-4-2-3-5-19(17)25)6-9-20(21)30-13-15-7-8-16(23)11-18(15)24/h2-12H,13,25H2,1H3,(H,27,28)/b26-12+. The zero-order valence-electron chi connectivity index (χ0n) is 16.1. The summed E-state index contributed by atoms with van der Waals surface area (Å²) in [6, 6.07) is 17.3. The first-order valence-electron chi connectivity index (χ1n) is 8.90. The van der Waals surface area contributed by atoms with Gasteiger partial charge in [-0.25, -0.2) is 5.43 Å². The molecule has 3 aromatic carbocycles. The highest BCUT2D eigenvalue weighted by molar-refractivity contribution is 6.35. The van der Waals surface area contributed by atoms with Crippen LogP contribution in [0.3, 0.4) is 0 Å². The molecular weight excluding hydrogens is 425 g/mol. The van der Waals surface area contributed by atoms with Crippen LogP contribution in [-0.2, 0) is 6.61 Å². The van der Waals surface area contributed by atoms with E-state index in [0.717, 1.165) is 5.56 Å². The van der Waals surface area contributed by atoms with Crippen molar-refractivity contribution < 1.29 is 14.3 Å². The third-order valence-corrected chi connectivity index (χ3v) is 4.76. The van der Waals surface area contributed by atoms with Gasteiger partial charge in [-0.3, -0.25) is 4.79 Å². The molecule has 154 valence electrons. The van der Waals surface area contributed by atoms with E-state index in [0.29, 0.717) is 38.4 Å². The lowest BCUT2D eigenvalue weighted by atomic mass is 10.2. The molecule has 1 amide bonds. The van der Waals surface area contributed by atoms with Crippen molar-refractivity contribution in [1.82, 2.24) is 5.43 Å². The zero-order chi connectivity index (χ0) is 21.5. The topological polar surface area (TPSA) is 85.9 Å². The summed E-state index contributed by atoms with van der Waals surface area (Å²) in [4.78, 5) is 12.1. The normalized spacial score (nSPS) is 10.8. The molecule has 3 aromatic rings. The molecule has 0 saturated heterocycles. The van der Waals surface area contributed by atoms with Crippen LogP contribution in [0.4, 0.5) is 5.69 Å². The Bertz CT molecular complexity index is 1090. The molecule has 0 heterocycles. The van der Waals surface area contributed by atoms with Crippen LogP contribution < -0.4 is 20.6 Å². The molecule has 0 aliphatic heterocycles. The molecule has 0 spiro atoms. The average molecular weight is 444 g/mol. The van der Waals surface area contributed by atoms with Crippen LogP contribution in [0.2, 0.25) is 10.0 Å². The molecule has 0 fully saturated rings. The number of anilines is 1. The Hall–Kier alpha value is -3.22. The summed E-state index contributed by atoms with van der Waals surface area (Å²) in [7, 11) is 1.54. The lowest BCUT2D eigenvalue weighted by molar-refractivity contribution is 0.0956. The predicted molar refractivity (Wildman–Crippen MR) is 120 cm³/mol. The van der Waals surface area contributed by atoms with Gasteiger partial charge in [0.1, 0.15) is 6.61 Å². The number of hydrogen-bond acceptors (Lipinski definition) is 5. The quantitative estimate of drug-likeness (QED) is 0.308. The summed E-state index contributed by atoms with van der Waals surface area (Å²) in [5.74, 6) is 0.667. The van der Waals surface area contributed by atoms with E-state index in [1.54, 1.807) is 67.8 Å². The highest BCUT2D eigenvalue weighted by Gasteiger charge is 2.09. The monoisotopic (exact) mass is 443 g/mol. The number of rotatable bonds is 7. The van der Waals surface area contributed by atoms with E-state index in [2.05, 4.69) is 10.5 Å². The van der Waals surface area contributed by atoms with Crippen molar-refractivity contribution in [2.24, 2.45) is 5.10 Å². The van der Waals surface area contributed by atoms with E-state index in [9.17, 15) is 4.79 Å². The number of carbonyl (C=O) groups excluding carboxylic acids is 1. The first-order chi connectivity index (χ1) is 14.5. The first-order valence-corrected chi connectivity index (χ1v) is 9.66. The number of nitrogens with two attached hydrogens (primary N) is 1. The predicted octanol–water partition coefficient (Wildman–Crippen LogP) is 4.93. The maximum absolute atomic E-state index is 12.1. The molecule has 8 heteroatoms. The third kappa shape index (κ3) is 5.43.